The fraction of sp³-hybridized carbons (Fsp3) is 0.286. The van der Waals surface area contributed by atoms with E-state index in [1.165, 1.54) is 19.1 Å². The number of ketones is 1. The van der Waals surface area contributed by atoms with Crippen molar-refractivity contribution in [3.8, 4) is 22.6 Å². The number of nitrogens with one attached hydrogen (secondary N) is 1. The van der Waals surface area contributed by atoms with Crippen molar-refractivity contribution in [2.24, 2.45) is 0 Å². The molecule has 1 heterocycles. The van der Waals surface area contributed by atoms with Gasteiger partial charge in [0.15, 0.2) is 11.5 Å². The van der Waals surface area contributed by atoms with E-state index < -0.39 is 27.4 Å². The number of hydrogen-bond acceptors (Lipinski definition) is 6. The van der Waals surface area contributed by atoms with Crippen molar-refractivity contribution in [1.29, 1.82) is 0 Å². The zero-order chi connectivity index (χ0) is 26.4. The Hall–Kier alpha value is -3.69. The van der Waals surface area contributed by atoms with Crippen molar-refractivity contribution in [2.75, 3.05) is 6.79 Å². The molecule has 196 valence electrons. The predicted octanol–water partition coefficient (Wildman–Crippen LogP) is 4.48. The van der Waals surface area contributed by atoms with E-state index in [0.717, 1.165) is 40.7 Å². The number of carboxylic acids is 1. The third-order valence-electron chi connectivity index (χ3n) is 7.05. The van der Waals surface area contributed by atoms with Crippen molar-refractivity contribution >= 4 is 21.8 Å². The summed E-state index contributed by atoms with van der Waals surface area (Å²) in [6.07, 6.45) is 1.88. The van der Waals surface area contributed by atoms with E-state index >= 15 is 0 Å². The Labute approximate surface area is 218 Å². The maximum atomic E-state index is 13.4. The molecule has 0 radical (unpaired) electrons. The molecule has 1 fully saturated rings. The predicted molar refractivity (Wildman–Crippen MR) is 140 cm³/mol. The summed E-state index contributed by atoms with van der Waals surface area (Å²) in [6, 6.07) is 16.6. The highest BCUT2D eigenvalue weighted by atomic mass is 32.2. The number of aliphatic carboxylic acids is 1. The van der Waals surface area contributed by atoms with Gasteiger partial charge in [0.2, 0.25) is 16.8 Å². The molecule has 8 nitrogen and oxygen atoms in total. The van der Waals surface area contributed by atoms with Gasteiger partial charge in [0, 0.05) is 9.27 Å². The van der Waals surface area contributed by atoms with Crippen LogP contribution in [0.25, 0.3) is 11.1 Å². The number of aryl methyl sites for hydroxylation is 1. The van der Waals surface area contributed by atoms with Crippen LogP contribution in [0.4, 0.5) is 0 Å². The van der Waals surface area contributed by atoms with Gasteiger partial charge < -0.3 is 14.6 Å². The van der Waals surface area contributed by atoms with Crippen LogP contribution in [0.2, 0.25) is 0 Å². The minimum absolute atomic E-state index is 0. The lowest BCUT2D eigenvalue weighted by molar-refractivity contribution is -0.138. The molecule has 0 unspecified atom stereocenters. The highest BCUT2D eigenvalue weighted by Gasteiger charge is 2.50. The van der Waals surface area contributed by atoms with Gasteiger partial charge in [0.1, 0.15) is 11.8 Å². The van der Waals surface area contributed by atoms with Crippen molar-refractivity contribution < 1.29 is 35.4 Å². The number of carboxylic acid groups (broad SMARTS) is 1. The number of benzene rings is 3. The topological polar surface area (TPSA) is 119 Å². The number of rotatable bonds is 9. The first-order valence-corrected chi connectivity index (χ1v) is 13.5. The molecule has 5 rings (SSSR count). The van der Waals surface area contributed by atoms with Crippen molar-refractivity contribution in [1.82, 2.24) is 4.72 Å². The number of ether oxygens (including phenoxy) is 2. The van der Waals surface area contributed by atoms with Gasteiger partial charge >= 0.3 is 5.97 Å². The second-order valence-electron chi connectivity index (χ2n) is 9.60. The minimum atomic E-state index is -3.97. The SMILES string of the molecule is Cc1ccc(CC(=O)C2(c3ccc4c(c3)OCO4)CC2)cc1-c1ccc(S(=O)(=O)N[C@H](C)C(=O)O)cc1.[HH].[HH]. The maximum absolute atomic E-state index is 13.4. The van der Waals surface area contributed by atoms with Crippen LogP contribution in [0.15, 0.2) is 65.6 Å². The second-order valence-corrected chi connectivity index (χ2v) is 11.3. The molecule has 9 heteroatoms. The van der Waals surface area contributed by atoms with Crippen LogP contribution in [0, 0.1) is 6.92 Å². The summed E-state index contributed by atoms with van der Waals surface area (Å²) in [5.74, 6) is 0.267. The molecule has 0 saturated heterocycles. The van der Waals surface area contributed by atoms with Gasteiger partial charge in [-0.15, -0.1) is 0 Å². The smallest absolute Gasteiger partial charge is 0.321 e. The van der Waals surface area contributed by atoms with Crippen molar-refractivity contribution in [3.63, 3.8) is 0 Å². The summed E-state index contributed by atoms with van der Waals surface area (Å²) in [5, 5.41) is 9.00. The number of hydrogen-bond donors (Lipinski definition) is 2. The van der Waals surface area contributed by atoms with Gasteiger partial charge in [-0.3, -0.25) is 9.59 Å². The summed E-state index contributed by atoms with van der Waals surface area (Å²) in [6.45, 7) is 3.41. The second kappa shape index (κ2) is 9.32. The Bertz CT molecular complexity index is 1500. The van der Waals surface area contributed by atoms with E-state index in [1.54, 1.807) is 12.1 Å². The molecule has 1 saturated carbocycles. The summed E-state index contributed by atoms with van der Waals surface area (Å²) < 4.78 is 38.0. The molecule has 0 bridgehead atoms. The third kappa shape index (κ3) is 4.84. The van der Waals surface area contributed by atoms with E-state index in [1.807, 2.05) is 43.3 Å². The molecule has 3 aromatic rings. The normalized spacial score (nSPS) is 16.3. The standard InChI is InChI=1S/C28H27NO7S.2H2/c1-17-3-4-19(14-26(30)28(11-12-28)21-7-10-24-25(15-21)36-16-35-24)13-23(17)20-5-8-22(9-6-20)37(33,34)29-18(2)27(31)32;;/h3-10,13,15,18,29H,11-12,14,16H2,1-2H3,(H,31,32);2*1H/t18-;;/m1../s1. The van der Waals surface area contributed by atoms with Crippen LogP contribution in [-0.2, 0) is 31.4 Å². The summed E-state index contributed by atoms with van der Waals surface area (Å²) in [5.41, 5.74) is 4.02. The molecule has 1 aliphatic carbocycles. The molecule has 2 N–H and O–H groups in total. The number of Topliss-reactive ketones (excluding diaryl/α,β-unsaturated/α-hetero) is 1. The third-order valence-corrected chi connectivity index (χ3v) is 8.61. The highest BCUT2D eigenvalue weighted by Crippen LogP contribution is 2.51. The quantitative estimate of drug-likeness (QED) is 0.423. The number of fused-ring (bicyclic) bond motifs is 1. The van der Waals surface area contributed by atoms with Crippen LogP contribution in [-0.4, -0.2) is 38.1 Å². The molecule has 0 spiro atoms. The maximum Gasteiger partial charge on any atom is 0.321 e. The van der Waals surface area contributed by atoms with E-state index in [-0.39, 0.29) is 26.7 Å². The Morgan fingerprint density at radius 1 is 1.03 bits per heavy atom. The zero-order valence-electron chi connectivity index (χ0n) is 20.5. The first-order chi connectivity index (χ1) is 17.6. The molecule has 37 heavy (non-hydrogen) atoms. The molecule has 1 atom stereocenters. The molecule has 3 aromatic carbocycles. The Balaban J connectivity index is 0.00000210. The molecular weight excluding hydrogens is 494 g/mol. The van der Waals surface area contributed by atoms with Crippen LogP contribution in [0.5, 0.6) is 11.5 Å². The number of carbonyl (C=O) groups is 2. The van der Waals surface area contributed by atoms with Crippen LogP contribution in [0.3, 0.4) is 0 Å². The minimum Gasteiger partial charge on any atom is -0.480 e. The fourth-order valence-electron chi connectivity index (χ4n) is 4.66. The Morgan fingerprint density at radius 2 is 1.73 bits per heavy atom. The lowest BCUT2D eigenvalue weighted by Crippen LogP contribution is -2.38. The summed E-state index contributed by atoms with van der Waals surface area (Å²) in [4.78, 5) is 24.4. The summed E-state index contributed by atoms with van der Waals surface area (Å²) in [7, 11) is -3.97. The van der Waals surface area contributed by atoms with Gasteiger partial charge in [-0.25, -0.2) is 8.42 Å². The van der Waals surface area contributed by atoms with Crippen LogP contribution >= 0.6 is 0 Å². The van der Waals surface area contributed by atoms with Gasteiger partial charge in [-0.05, 0) is 78.8 Å². The zero-order valence-corrected chi connectivity index (χ0v) is 21.3. The molecule has 2 aliphatic rings. The van der Waals surface area contributed by atoms with E-state index in [0.29, 0.717) is 11.5 Å². The molecule has 0 amide bonds. The van der Waals surface area contributed by atoms with Gasteiger partial charge in [0.25, 0.3) is 0 Å². The lowest BCUT2D eigenvalue weighted by Gasteiger charge is -2.16. The lowest BCUT2D eigenvalue weighted by atomic mass is 9.87. The van der Waals surface area contributed by atoms with E-state index in [2.05, 4.69) is 4.72 Å². The molecule has 1 aliphatic heterocycles. The van der Waals surface area contributed by atoms with Crippen LogP contribution < -0.4 is 14.2 Å². The first kappa shape index (κ1) is 25.0. The van der Waals surface area contributed by atoms with E-state index in [9.17, 15) is 18.0 Å². The Morgan fingerprint density at radius 3 is 2.41 bits per heavy atom. The van der Waals surface area contributed by atoms with Crippen molar-refractivity contribution in [2.45, 2.75) is 49.5 Å². The average molecular weight is 526 g/mol. The number of sulfonamides is 1. The molecular formula is C28H31NO7S. The van der Waals surface area contributed by atoms with Gasteiger partial charge in [0.05, 0.1) is 10.3 Å². The van der Waals surface area contributed by atoms with E-state index in [4.69, 9.17) is 14.6 Å². The Kier molecular flexibility index (Phi) is 6.29. The van der Waals surface area contributed by atoms with Crippen LogP contribution in [0.1, 0.15) is 39.3 Å². The number of carbonyl (C=O) groups excluding carboxylic acids is 1. The highest BCUT2D eigenvalue weighted by molar-refractivity contribution is 7.89. The monoisotopic (exact) mass is 525 g/mol. The molecule has 0 aromatic heterocycles. The fourth-order valence-corrected chi connectivity index (χ4v) is 5.85. The van der Waals surface area contributed by atoms with Crippen molar-refractivity contribution in [3.05, 3.63) is 77.4 Å². The van der Waals surface area contributed by atoms with Gasteiger partial charge in [-0.2, -0.15) is 4.72 Å². The van der Waals surface area contributed by atoms with Gasteiger partial charge in [-0.1, -0.05) is 36.4 Å². The summed E-state index contributed by atoms with van der Waals surface area (Å²) >= 11 is 0. The first-order valence-electron chi connectivity index (χ1n) is 12.0. The largest absolute Gasteiger partial charge is 0.480 e. The average Bonchev–Trinajstić information content (AvgIpc) is 3.55.